The van der Waals surface area contributed by atoms with E-state index < -0.39 is 5.97 Å². The molecule has 0 saturated carbocycles. The number of rotatable bonds is 4. The summed E-state index contributed by atoms with van der Waals surface area (Å²) in [6, 6.07) is 7.65. The van der Waals surface area contributed by atoms with Crippen molar-refractivity contribution >= 4 is 21.9 Å². The Bertz CT molecular complexity index is 718. The molecule has 0 bridgehead atoms. The third-order valence-corrected chi connectivity index (χ3v) is 3.98. The predicted octanol–water partition coefficient (Wildman–Crippen LogP) is 5.85. The molecule has 0 atom stereocenters. The van der Waals surface area contributed by atoms with Gasteiger partial charge < -0.3 is 4.74 Å². The summed E-state index contributed by atoms with van der Waals surface area (Å²) in [7, 11) is 0. The van der Waals surface area contributed by atoms with Crippen LogP contribution in [0.3, 0.4) is 0 Å². The van der Waals surface area contributed by atoms with Crippen molar-refractivity contribution in [3.63, 3.8) is 0 Å². The van der Waals surface area contributed by atoms with E-state index in [0.29, 0.717) is 21.3 Å². The Morgan fingerprint density at radius 1 is 1.17 bits per heavy atom. The fraction of sp³-hybridized carbons (Fsp3) is 0.278. The zero-order valence-corrected chi connectivity index (χ0v) is 15.5. The van der Waals surface area contributed by atoms with Gasteiger partial charge in [0, 0.05) is 20.6 Å². The maximum absolute atomic E-state index is 13.6. The quantitative estimate of drug-likeness (QED) is 0.645. The van der Waals surface area contributed by atoms with Crippen molar-refractivity contribution in [2.75, 3.05) is 0 Å². The van der Waals surface area contributed by atoms with E-state index in [1.165, 1.54) is 12.1 Å². The van der Waals surface area contributed by atoms with Crippen LogP contribution in [0.4, 0.5) is 8.92 Å². The summed E-state index contributed by atoms with van der Waals surface area (Å²) in [5.74, 6) is -1.12. The Labute approximate surface area is 148 Å². The predicted molar refractivity (Wildman–Crippen MR) is 92.2 cm³/mol. The molecule has 3 nitrogen and oxygen atoms in total. The van der Waals surface area contributed by atoms with Gasteiger partial charge in [0.1, 0.15) is 18.2 Å². The van der Waals surface area contributed by atoms with Crippen molar-refractivity contribution in [2.45, 2.75) is 34.3 Å². The first-order chi connectivity index (χ1) is 11.4. The second-order valence-corrected chi connectivity index (χ2v) is 5.64. The van der Waals surface area contributed by atoms with Crippen LogP contribution in [0.1, 0.15) is 40.9 Å². The number of carbonyl (C=O) groups is 1. The lowest BCUT2D eigenvalue weighted by atomic mass is 10.1. The standard InChI is InChI=1S/C16H13BrF2O3.C2H6/c1-9-6-10(2)15(7-14(9)18)21-8-12-11(16(20)22-19)4-3-5-13(12)17;1-2/h3-7H,8H2,1-2H3;1-2H3. The van der Waals surface area contributed by atoms with Crippen molar-refractivity contribution in [1.82, 2.24) is 0 Å². The van der Waals surface area contributed by atoms with E-state index in [4.69, 9.17) is 4.74 Å². The molecule has 0 aliphatic carbocycles. The summed E-state index contributed by atoms with van der Waals surface area (Å²) >= 11 is 3.28. The van der Waals surface area contributed by atoms with Crippen LogP contribution >= 0.6 is 15.9 Å². The average Bonchev–Trinajstić information content (AvgIpc) is 2.58. The highest BCUT2D eigenvalue weighted by Gasteiger charge is 2.17. The SMILES string of the molecule is CC.Cc1cc(C)c(OCc2c(Br)cccc2C(=O)OF)cc1F. The first-order valence-corrected chi connectivity index (χ1v) is 8.23. The lowest BCUT2D eigenvalue weighted by Gasteiger charge is -2.13. The summed E-state index contributed by atoms with van der Waals surface area (Å²) < 4.78 is 31.9. The highest BCUT2D eigenvalue weighted by molar-refractivity contribution is 9.10. The number of benzene rings is 2. The van der Waals surface area contributed by atoms with E-state index >= 15 is 0 Å². The van der Waals surface area contributed by atoms with E-state index in [0.717, 1.165) is 5.56 Å². The van der Waals surface area contributed by atoms with Gasteiger partial charge in [0.15, 0.2) is 0 Å². The molecule has 0 heterocycles. The minimum atomic E-state index is -1.10. The normalized spacial score (nSPS) is 9.79. The summed E-state index contributed by atoms with van der Waals surface area (Å²) in [5.41, 5.74) is 1.75. The van der Waals surface area contributed by atoms with Crippen LogP contribution in [0.15, 0.2) is 34.8 Å². The summed E-state index contributed by atoms with van der Waals surface area (Å²) in [5, 5.41) is 0. The lowest BCUT2D eigenvalue weighted by Crippen LogP contribution is -2.08. The monoisotopic (exact) mass is 400 g/mol. The molecule has 0 spiro atoms. The maximum Gasteiger partial charge on any atom is 0.379 e. The molecule has 0 aliphatic rings. The largest absolute Gasteiger partial charge is 0.488 e. The molecule has 0 aliphatic heterocycles. The molecular weight excluding hydrogens is 382 g/mol. The minimum absolute atomic E-state index is 0.0325. The second kappa shape index (κ2) is 9.37. The van der Waals surface area contributed by atoms with Gasteiger partial charge in [-0.05, 0) is 43.2 Å². The first kappa shape index (κ1) is 20.1. The van der Waals surface area contributed by atoms with Gasteiger partial charge >= 0.3 is 5.97 Å². The third kappa shape index (κ3) is 4.77. The first-order valence-electron chi connectivity index (χ1n) is 7.44. The van der Waals surface area contributed by atoms with Crippen LogP contribution in [0.2, 0.25) is 0 Å². The number of ether oxygens (including phenoxy) is 1. The van der Waals surface area contributed by atoms with Gasteiger partial charge in [-0.3, -0.25) is 0 Å². The zero-order valence-electron chi connectivity index (χ0n) is 14.0. The van der Waals surface area contributed by atoms with Crippen molar-refractivity contribution < 1.29 is 23.4 Å². The van der Waals surface area contributed by atoms with Gasteiger partial charge in [-0.2, -0.15) is 0 Å². The highest BCUT2D eigenvalue weighted by Crippen LogP contribution is 2.26. The number of hydrogen-bond acceptors (Lipinski definition) is 3. The molecule has 0 unspecified atom stereocenters. The Balaban J connectivity index is 0.00000139. The molecular formula is C18H19BrF2O3. The molecule has 24 heavy (non-hydrogen) atoms. The number of carbonyl (C=O) groups excluding carboxylic acids is 1. The molecule has 2 rings (SSSR count). The summed E-state index contributed by atoms with van der Waals surface area (Å²) in [6.45, 7) is 7.42. The Hall–Kier alpha value is -1.95. The summed E-state index contributed by atoms with van der Waals surface area (Å²) in [6.07, 6.45) is 0. The Kier molecular flexibility index (Phi) is 7.85. The van der Waals surface area contributed by atoms with E-state index in [1.54, 1.807) is 32.0 Å². The van der Waals surface area contributed by atoms with Crippen molar-refractivity contribution in [2.24, 2.45) is 0 Å². The molecule has 0 saturated heterocycles. The molecule has 6 heteroatoms. The maximum atomic E-state index is 13.6. The van der Waals surface area contributed by atoms with Gasteiger partial charge in [-0.15, -0.1) is 0 Å². The molecule has 2 aromatic rings. The molecule has 0 amide bonds. The van der Waals surface area contributed by atoms with Gasteiger partial charge in [0.05, 0.1) is 5.56 Å². The van der Waals surface area contributed by atoms with Crippen LogP contribution in [0, 0.1) is 19.7 Å². The third-order valence-electron chi connectivity index (χ3n) is 3.24. The highest BCUT2D eigenvalue weighted by atomic mass is 79.9. The molecule has 2 aromatic carbocycles. The molecule has 0 aromatic heterocycles. The average molecular weight is 401 g/mol. The number of hydrogen-bond donors (Lipinski definition) is 0. The fourth-order valence-corrected chi connectivity index (χ4v) is 2.53. The van der Waals surface area contributed by atoms with Crippen LogP contribution in [0.5, 0.6) is 5.75 Å². The van der Waals surface area contributed by atoms with Crippen LogP contribution in [-0.4, -0.2) is 5.97 Å². The minimum Gasteiger partial charge on any atom is -0.488 e. The Morgan fingerprint density at radius 3 is 2.46 bits per heavy atom. The van der Waals surface area contributed by atoms with E-state index in [2.05, 4.69) is 20.9 Å². The fourth-order valence-electron chi connectivity index (χ4n) is 2.05. The summed E-state index contributed by atoms with van der Waals surface area (Å²) in [4.78, 5) is 14.7. The van der Waals surface area contributed by atoms with E-state index in [9.17, 15) is 13.7 Å². The lowest BCUT2D eigenvalue weighted by molar-refractivity contribution is -0.0789. The van der Waals surface area contributed by atoms with Crippen LogP contribution < -0.4 is 4.74 Å². The van der Waals surface area contributed by atoms with Crippen LogP contribution in [0.25, 0.3) is 0 Å². The van der Waals surface area contributed by atoms with Crippen molar-refractivity contribution in [3.05, 3.63) is 62.9 Å². The smallest absolute Gasteiger partial charge is 0.379 e. The van der Waals surface area contributed by atoms with Gasteiger partial charge in [-0.1, -0.05) is 35.8 Å². The van der Waals surface area contributed by atoms with Gasteiger partial charge in [-0.25, -0.2) is 14.1 Å². The van der Waals surface area contributed by atoms with Crippen molar-refractivity contribution in [1.29, 1.82) is 0 Å². The molecule has 0 N–H and O–H groups in total. The van der Waals surface area contributed by atoms with E-state index in [1.807, 2.05) is 13.8 Å². The van der Waals surface area contributed by atoms with Crippen molar-refractivity contribution in [3.8, 4) is 5.75 Å². The molecule has 0 fully saturated rings. The molecule has 130 valence electrons. The zero-order chi connectivity index (χ0) is 18.3. The number of halogens is 3. The second-order valence-electron chi connectivity index (χ2n) is 4.79. The van der Waals surface area contributed by atoms with E-state index in [-0.39, 0.29) is 18.0 Å². The topological polar surface area (TPSA) is 35.5 Å². The van der Waals surface area contributed by atoms with Gasteiger partial charge in [0.25, 0.3) is 0 Å². The van der Waals surface area contributed by atoms with Gasteiger partial charge in [0.2, 0.25) is 0 Å². The number of aryl methyl sites for hydroxylation is 2. The van der Waals surface area contributed by atoms with Crippen LogP contribution in [-0.2, 0) is 11.5 Å². The Morgan fingerprint density at radius 2 is 1.83 bits per heavy atom. The molecule has 0 radical (unpaired) electrons.